The molecule has 1 aliphatic heterocycles. The smallest absolute Gasteiger partial charge is 0.251 e. The zero-order valence-corrected chi connectivity index (χ0v) is 23.0. The maximum Gasteiger partial charge on any atom is 0.251 e. The molecule has 1 amide bonds. The summed E-state index contributed by atoms with van der Waals surface area (Å²) in [6, 6.07) is 9.85. The third-order valence-electron chi connectivity index (χ3n) is 6.11. The number of benzene rings is 2. The molecule has 1 fully saturated rings. The van der Waals surface area contributed by atoms with Crippen molar-refractivity contribution in [1.82, 2.24) is 15.2 Å². The third-order valence-corrected chi connectivity index (χ3v) is 8.99. The van der Waals surface area contributed by atoms with Gasteiger partial charge in [0, 0.05) is 44.8 Å². The van der Waals surface area contributed by atoms with E-state index in [0.29, 0.717) is 12.1 Å². The molecule has 2 aromatic carbocycles. The number of thiazole rings is 1. The second kappa shape index (κ2) is 12.1. The highest BCUT2D eigenvalue weighted by Crippen LogP contribution is 2.40. The van der Waals surface area contributed by atoms with Crippen molar-refractivity contribution >= 4 is 54.8 Å². The van der Waals surface area contributed by atoms with E-state index in [-0.39, 0.29) is 29.0 Å². The monoisotopic (exact) mass is 554 g/mol. The summed E-state index contributed by atoms with van der Waals surface area (Å²) in [5, 5.41) is 3.87. The first-order chi connectivity index (χ1) is 16.9. The van der Waals surface area contributed by atoms with Crippen LogP contribution < -0.4 is 19.7 Å². The minimum Gasteiger partial charge on any atom is -0.495 e. The van der Waals surface area contributed by atoms with Gasteiger partial charge in [-0.1, -0.05) is 18.3 Å². The number of nitrogens with one attached hydrogen (secondary N) is 1. The Morgan fingerprint density at radius 1 is 1.03 bits per heavy atom. The van der Waals surface area contributed by atoms with E-state index in [0.717, 1.165) is 59.6 Å². The molecule has 4 rings (SSSR count). The van der Waals surface area contributed by atoms with Gasteiger partial charge in [-0.15, -0.1) is 12.4 Å². The van der Waals surface area contributed by atoms with E-state index in [4.69, 9.17) is 14.5 Å². The molecule has 1 aliphatic rings. The minimum atomic E-state index is -3.27. The molecule has 0 unspecified atom stereocenters. The number of hydrogen-bond donors (Lipinski definition) is 1. The number of carbonyl (C=O) groups is 1. The van der Waals surface area contributed by atoms with Crippen molar-refractivity contribution in [3.8, 4) is 11.5 Å². The van der Waals surface area contributed by atoms with Crippen LogP contribution in [0.2, 0.25) is 0 Å². The van der Waals surface area contributed by atoms with E-state index in [9.17, 15) is 13.2 Å². The van der Waals surface area contributed by atoms with Gasteiger partial charge in [0.1, 0.15) is 21.7 Å². The molecule has 3 aromatic rings. The van der Waals surface area contributed by atoms with E-state index < -0.39 is 9.84 Å². The Hall–Kier alpha value is -2.60. The van der Waals surface area contributed by atoms with Crippen LogP contribution in [-0.2, 0) is 9.84 Å². The lowest BCUT2D eigenvalue weighted by atomic mass is 10.2. The van der Waals surface area contributed by atoms with E-state index in [2.05, 4.69) is 15.1 Å². The normalized spacial score (nSPS) is 14.4. The first-order valence-corrected chi connectivity index (χ1v) is 13.9. The number of ether oxygens (including phenoxy) is 2. The summed E-state index contributed by atoms with van der Waals surface area (Å²) in [7, 11) is 0.0291. The Bertz CT molecular complexity index is 1250. The van der Waals surface area contributed by atoms with Crippen LogP contribution in [0.25, 0.3) is 10.2 Å². The molecular weight excluding hydrogens is 524 g/mol. The van der Waals surface area contributed by atoms with Crippen molar-refractivity contribution in [3.63, 3.8) is 0 Å². The highest BCUT2D eigenvalue weighted by molar-refractivity contribution is 7.91. The molecule has 12 heteroatoms. The van der Waals surface area contributed by atoms with Gasteiger partial charge in [0.15, 0.2) is 15.0 Å². The predicted molar refractivity (Wildman–Crippen MR) is 145 cm³/mol. The molecule has 36 heavy (non-hydrogen) atoms. The van der Waals surface area contributed by atoms with Gasteiger partial charge in [-0.3, -0.25) is 9.69 Å². The fourth-order valence-corrected chi connectivity index (χ4v) is 5.99. The standard InChI is InChI=1S/C24H30N4O5S2.ClH/c1-4-35(30,31)18-7-5-17(6-8-18)23(29)25-11-12-27-13-15-28(16-14-27)24-26-21-19(32-2)9-10-20(33-3)22(21)34-24;/h5-10H,4,11-16H2,1-3H3,(H,25,29);1H. The molecule has 9 nitrogen and oxygen atoms in total. The van der Waals surface area contributed by atoms with Crippen molar-refractivity contribution in [3.05, 3.63) is 42.0 Å². The summed E-state index contributed by atoms with van der Waals surface area (Å²) in [5.74, 6) is 1.36. The minimum absolute atomic E-state index is 0. The maximum absolute atomic E-state index is 12.4. The van der Waals surface area contributed by atoms with Crippen LogP contribution in [0.5, 0.6) is 11.5 Å². The van der Waals surface area contributed by atoms with Crippen molar-refractivity contribution in [2.75, 3.05) is 64.1 Å². The number of aromatic nitrogens is 1. The van der Waals surface area contributed by atoms with Gasteiger partial charge in [-0.2, -0.15) is 0 Å². The fourth-order valence-electron chi connectivity index (χ4n) is 3.98. The lowest BCUT2D eigenvalue weighted by Crippen LogP contribution is -2.48. The number of nitrogens with zero attached hydrogens (tertiary/aromatic N) is 3. The van der Waals surface area contributed by atoms with Crippen molar-refractivity contribution in [1.29, 1.82) is 0 Å². The Kier molecular flexibility index (Phi) is 9.40. The summed E-state index contributed by atoms with van der Waals surface area (Å²) in [4.78, 5) is 22.1. The summed E-state index contributed by atoms with van der Waals surface area (Å²) < 4.78 is 35.8. The van der Waals surface area contributed by atoms with Crippen molar-refractivity contribution < 1.29 is 22.7 Å². The molecule has 1 aromatic heterocycles. The lowest BCUT2D eigenvalue weighted by Gasteiger charge is -2.34. The zero-order chi connectivity index (χ0) is 25.0. The SMILES string of the molecule is CCS(=O)(=O)c1ccc(C(=O)NCCN2CCN(c3nc4c(OC)ccc(OC)c4s3)CC2)cc1.Cl. The molecule has 2 heterocycles. The Morgan fingerprint density at radius 3 is 2.28 bits per heavy atom. The molecule has 0 aliphatic carbocycles. The maximum atomic E-state index is 12.4. The van der Waals surface area contributed by atoms with E-state index >= 15 is 0 Å². The van der Waals surface area contributed by atoms with Crippen molar-refractivity contribution in [2.24, 2.45) is 0 Å². The molecule has 1 N–H and O–H groups in total. The second-order valence-corrected chi connectivity index (χ2v) is 11.4. The number of sulfone groups is 1. The van der Waals surface area contributed by atoms with Crippen LogP contribution in [0.15, 0.2) is 41.3 Å². The van der Waals surface area contributed by atoms with Gasteiger partial charge in [-0.25, -0.2) is 13.4 Å². The van der Waals surface area contributed by atoms with E-state index in [1.54, 1.807) is 44.6 Å². The number of rotatable bonds is 9. The number of halogens is 1. The van der Waals surface area contributed by atoms with Gasteiger partial charge in [0.25, 0.3) is 5.91 Å². The number of anilines is 1. The quantitative estimate of drug-likeness (QED) is 0.431. The Balaban J connectivity index is 0.00000361. The number of piperazine rings is 1. The number of amides is 1. The number of fused-ring (bicyclic) bond motifs is 1. The summed E-state index contributed by atoms with van der Waals surface area (Å²) in [5.41, 5.74) is 1.27. The van der Waals surface area contributed by atoms with Gasteiger partial charge in [0.2, 0.25) is 0 Å². The molecule has 0 atom stereocenters. The number of carbonyl (C=O) groups excluding carboxylic acids is 1. The summed E-state index contributed by atoms with van der Waals surface area (Å²) in [6.07, 6.45) is 0. The first-order valence-electron chi connectivity index (χ1n) is 11.5. The van der Waals surface area contributed by atoms with Crippen LogP contribution in [0.3, 0.4) is 0 Å². The molecule has 1 saturated heterocycles. The van der Waals surface area contributed by atoms with Gasteiger partial charge in [0.05, 0.1) is 24.9 Å². The largest absolute Gasteiger partial charge is 0.495 e. The fraction of sp³-hybridized carbons (Fsp3) is 0.417. The second-order valence-electron chi connectivity index (χ2n) is 8.16. The van der Waals surface area contributed by atoms with Gasteiger partial charge >= 0.3 is 0 Å². The Labute approximate surface area is 221 Å². The predicted octanol–water partition coefficient (Wildman–Crippen LogP) is 3.08. The molecule has 196 valence electrons. The van der Waals surface area contributed by atoms with Gasteiger partial charge in [-0.05, 0) is 36.4 Å². The molecule has 0 bridgehead atoms. The van der Waals surface area contributed by atoms with Crippen LogP contribution in [0, 0.1) is 0 Å². The zero-order valence-electron chi connectivity index (χ0n) is 20.5. The highest BCUT2D eigenvalue weighted by atomic mass is 35.5. The van der Waals surface area contributed by atoms with Crippen LogP contribution in [0.4, 0.5) is 5.13 Å². The van der Waals surface area contributed by atoms with Crippen LogP contribution in [0.1, 0.15) is 17.3 Å². The summed E-state index contributed by atoms with van der Waals surface area (Å²) >= 11 is 1.61. The molecular formula is C24H31ClN4O5S2. The molecule has 0 spiro atoms. The Morgan fingerprint density at radius 2 is 1.67 bits per heavy atom. The molecule has 0 saturated carbocycles. The number of methoxy groups -OCH3 is 2. The average Bonchev–Trinajstić information content (AvgIpc) is 3.34. The number of hydrogen-bond acceptors (Lipinski definition) is 9. The first kappa shape index (κ1) is 28.0. The van der Waals surface area contributed by atoms with Crippen molar-refractivity contribution in [2.45, 2.75) is 11.8 Å². The molecule has 0 radical (unpaired) electrons. The van der Waals surface area contributed by atoms with E-state index in [1.807, 2.05) is 12.1 Å². The average molecular weight is 555 g/mol. The van der Waals surface area contributed by atoms with Gasteiger partial charge < -0.3 is 19.7 Å². The summed E-state index contributed by atoms with van der Waals surface area (Å²) in [6.45, 7) is 6.26. The lowest BCUT2D eigenvalue weighted by molar-refractivity contribution is 0.0947. The highest BCUT2D eigenvalue weighted by Gasteiger charge is 2.22. The topological polar surface area (TPSA) is 101 Å². The van der Waals surface area contributed by atoms with E-state index in [1.165, 1.54) is 12.1 Å². The van der Waals surface area contributed by atoms with Crippen LogP contribution >= 0.6 is 23.7 Å². The third kappa shape index (κ3) is 6.03. The van der Waals surface area contributed by atoms with Crippen LogP contribution in [-0.4, -0.2) is 83.4 Å².